The number of rotatable bonds is 16. The van der Waals surface area contributed by atoms with Gasteiger partial charge in [-0.15, -0.1) is 10.2 Å². The number of ether oxygens (including phenoxy) is 4. The van der Waals surface area contributed by atoms with Crippen LogP contribution in [0.1, 0.15) is 47.8 Å². The number of likely N-dealkylation sites (tertiary alicyclic amines) is 1. The fourth-order valence-corrected chi connectivity index (χ4v) is 12.7. The first-order chi connectivity index (χ1) is 32.8. The van der Waals surface area contributed by atoms with Crippen LogP contribution in [0, 0.1) is 0 Å². The summed E-state index contributed by atoms with van der Waals surface area (Å²) in [4.78, 5) is 31.6. The molecule has 0 aliphatic carbocycles. The number of primary amides is 1. The number of nitrogens with zero attached hydrogens (tertiary/aromatic N) is 7. The van der Waals surface area contributed by atoms with Crippen LogP contribution in [0.5, 0.6) is 17.2 Å². The molecule has 1 aliphatic rings. The molecule has 0 unspecified atom stereocenters. The lowest BCUT2D eigenvalue weighted by molar-refractivity contribution is 0.0138. The van der Waals surface area contributed by atoms with Crippen molar-refractivity contribution in [2.45, 2.75) is 61.0 Å². The third-order valence-corrected chi connectivity index (χ3v) is 16.3. The molecule has 2 aromatic heterocycles. The van der Waals surface area contributed by atoms with Gasteiger partial charge in [0.15, 0.2) is 15.0 Å². The van der Waals surface area contributed by atoms with Gasteiger partial charge in [0.1, 0.15) is 33.0 Å². The van der Waals surface area contributed by atoms with Crippen molar-refractivity contribution in [2.75, 3.05) is 40.2 Å². The number of carbonyl (C=O) groups excluding carboxylic acids is 2. The van der Waals surface area contributed by atoms with Crippen molar-refractivity contribution in [3.8, 4) is 39.8 Å². The first kappa shape index (κ1) is 48.3. The zero-order valence-corrected chi connectivity index (χ0v) is 40.9. The number of anilines is 1. The number of nitrogen functional groups attached to an aromatic ring is 1. The molecular weight excluding hydrogens is 947 g/mol. The predicted octanol–water partition coefficient (Wildman–Crippen LogP) is 6.16. The van der Waals surface area contributed by atoms with Gasteiger partial charge in [0.2, 0.25) is 21.8 Å². The number of tetrazole rings is 1. The van der Waals surface area contributed by atoms with E-state index in [1.54, 1.807) is 101 Å². The van der Waals surface area contributed by atoms with Crippen molar-refractivity contribution in [3.63, 3.8) is 0 Å². The second-order valence-electron chi connectivity index (χ2n) is 17.1. The summed E-state index contributed by atoms with van der Waals surface area (Å²) in [6.45, 7) is 4.12. The van der Waals surface area contributed by atoms with E-state index in [1.165, 1.54) is 52.5 Å². The average molecular weight is 996 g/mol. The molecule has 19 nitrogen and oxygen atoms in total. The number of fused-ring (bicyclic) bond motifs is 1. The zero-order valence-electron chi connectivity index (χ0n) is 38.4. The minimum absolute atomic E-state index is 0.0796. The summed E-state index contributed by atoms with van der Waals surface area (Å²) in [5, 5.41) is 12.3. The molecule has 0 atom stereocenters. The molecule has 8 rings (SSSR count). The number of carbonyl (C=O) groups is 2. The second kappa shape index (κ2) is 19.1. The summed E-state index contributed by atoms with van der Waals surface area (Å²) in [6, 6.07) is 26.4. The van der Waals surface area contributed by atoms with Crippen LogP contribution in [0.4, 0.5) is 9.93 Å². The number of sulfonamides is 1. The molecule has 1 saturated heterocycles. The van der Waals surface area contributed by atoms with Crippen molar-refractivity contribution in [1.82, 2.24) is 34.4 Å². The fourth-order valence-electron chi connectivity index (χ4n) is 7.74. The van der Waals surface area contributed by atoms with Crippen LogP contribution < -0.4 is 25.7 Å². The molecule has 0 radical (unpaired) electrons. The third-order valence-electron chi connectivity index (χ3n) is 11.3. The lowest BCUT2D eigenvalue weighted by atomic mass is 9.96. The van der Waals surface area contributed by atoms with Crippen LogP contribution in [-0.4, -0.2) is 109 Å². The maximum atomic E-state index is 16.2. The zero-order chi connectivity index (χ0) is 49.4. The van der Waals surface area contributed by atoms with Crippen LogP contribution in [0.3, 0.4) is 0 Å². The molecule has 0 bridgehead atoms. The predicted molar refractivity (Wildman–Crippen MR) is 258 cm³/mol. The summed E-state index contributed by atoms with van der Waals surface area (Å²) in [7, 11) is -5.08. The number of methoxy groups -OCH3 is 3. The van der Waals surface area contributed by atoms with E-state index in [9.17, 15) is 9.59 Å². The van der Waals surface area contributed by atoms with Gasteiger partial charge >= 0.3 is 6.09 Å². The van der Waals surface area contributed by atoms with E-state index in [2.05, 4.69) is 15.3 Å². The Kier molecular flexibility index (Phi) is 13.4. The van der Waals surface area contributed by atoms with Gasteiger partial charge in [0.05, 0.1) is 54.1 Å². The summed E-state index contributed by atoms with van der Waals surface area (Å²) in [5.41, 5.74) is 13.5. The Morgan fingerprint density at radius 1 is 0.768 bits per heavy atom. The van der Waals surface area contributed by atoms with Gasteiger partial charge in [0, 0.05) is 31.7 Å². The maximum absolute atomic E-state index is 16.2. The lowest BCUT2D eigenvalue weighted by Gasteiger charge is -2.39. The third kappa shape index (κ3) is 10.0. The van der Waals surface area contributed by atoms with E-state index >= 15 is 16.8 Å². The van der Waals surface area contributed by atoms with Gasteiger partial charge in [-0.1, -0.05) is 59.9 Å². The standard InChI is InChI=1S/C47H49N9O10S3/c1-47(2,3)66-46(58)54-26-34(27-54)68(59,60)38-22-21-35(36-19-20-37(43(48)57)41-40(36)50-45(49)67-41)39(44-51-53-56(52-44)25-30-11-17-33(65-6)18-12-30)42(38)69(61,62)55(23-28-7-13-31(63-4)14-8-28)24-29-9-15-32(64-5)16-10-29/h7-22,34H,23-27H2,1-6H3,(H2,48,57)(H2,49,50). The van der Waals surface area contributed by atoms with E-state index in [-0.39, 0.29) is 71.5 Å². The molecule has 69 heavy (non-hydrogen) atoms. The van der Waals surface area contributed by atoms with Gasteiger partial charge in [0.25, 0.3) is 0 Å². The molecule has 7 aromatic rings. The molecule has 0 spiro atoms. The largest absolute Gasteiger partial charge is 0.497 e. The van der Waals surface area contributed by atoms with Crippen LogP contribution in [0.2, 0.25) is 0 Å². The van der Waals surface area contributed by atoms with Crippen LogP contribution in [-0.2, 0) is 44.2 Å². The summed E-state index contributed by atoms with van der Waals surface area (Å²) in [5.74, 6) is 0.689. The molecule has 4 N–H and O–H groups in total. The van der Waals surface area contributed by atoms with Crippen molar-refractivity contribution >= 4 is 58.5 Å². The second-order valence-corrected chi connectivity index (χ2v) is 22.2. The maximum Gasteiger partial charge on any atom is 0.410 e. The molecular formula is C47H49N9O10S3. The monoisotopic (exact) mass is 995 g/mol. The van der Waals surface area contributed by atoms with Crippen molar-refractivity contribution in [2.24, 2.45) is 5.73 Å². The van der Waals surface area contributed by atoms with Gasteiger partial charge < -0.3 is 35.3 Å². The quantitative estimate of drug-likeness (QED) is 0.110. The molecule has 2 amide bonds. The number of amides is 2. The van der Waals surface area contributed by atoms with E-state index < -0.39 is 52.5 Å². The Hall–Kier alpha value is -7.14. The Bertz CT molecular complexity index is 3230. The SMILES string of the molecule is COc1ccc(CN(Cc2ccc(OC)cc2)S(=O)(=O)c2c(S(=O)(=O)C3CN(C(=O)OC(C)(C)C)C3)ccc(-c3ccc(C(N)=O)c4sc(N)nc34)c2-c2nnn(Cc3ccc(OC)cc3)n2)cc1. The normalized spacial score (nSPS) is 13.3. The molecule has 360 valence electrons. The van der Waals surface area contributed by atoms with Crippen molar-refractivity contribution in [3.05, 3.63) is 119 Å². The van der Waals surface area contributed by atoms with E-state index in [4.69, 9.17) is 35.5 Å². The molecule has 1 aliphatic heterocycles. The molecule has 22 heteroatoms. The lowest BCUT2D eigenvalue weighted by Crippen LogP contribution is -2.57. The Labute approximate surface area is 402 Å². The van der Waals surface area contributed by atoms with Crippen molar-refractivity contribution < 1.29 is 45.4 Å². The minimum atomic E-state index is -5.01. The first-order valence-electron chi connectivity index (χ1n) is 21.3. The summed E-state index contributed by atoms with van der Waals surface area (Å²) < 4.78 is 86.0. The van der Waals surface area contributed by atoms with Crippen LogP contribution in [0.15, 0.2) is 107 Å². The fraction of sp³-hybridized carbons (Fsp3) is 0.277. The van der Waals surface area contributed by atoms with Crippen LogP contribution in [0.25, 0.3) is 32.7 Å². The summed E-state index contributed by atoms with van der Waals surface area (Å²) >= 11 is 1.00. The van der Waals surface area contributed by atoms with Gasteiger partial charge in [-0.3, -0.25) is 4.79 Å². The van der Waals surface area contributed by atoms with Crippen molar-refractivity contribution in [1.29, 1.82) is 0 Å². The number of hydrogen-bond acceptors (Lipinski definition) is 16. The average Bonchev–Trinajstić information content (AvgIpc) is 3.93. The number of sulfone groups is 1. The minimum Gasteiger partial charge on any atom is -0.497 e. The van der Waals surface area contributed by atoms with E-state index in [1.807, 2.05) is 0 Å². The smallest absolute Gasteiger partial charge is 0.410 e. The van der Waals surface area contributed by atoms with E-state index in [0.717, 1.165) is 16.9 Å². The highest BCUT2D eigenvalue weighted by Crippen LogP contribution is 2.45. The first-order valence-corrected chi connectivity index (χ1v) is 25.1. The highest BCUT2D eigenvalue weighted by molar-refractivity contribution is 7.94. The highest BCUT2D eigenvalue weighted by Gasteiger charge is 2.46. The van der Waals surface area contributed by atoms with Crippen LogP contribution >= 0.6 is 11.3 Å². The Balaban J connectivity index is 1.39. The van der Waals surface area contributed by atoms with E-state index in [0.29, 0.717) is 33.1 Å². The van der Waals surface area contributed by atoms with Gasteiger partial charge in [-0.05, 0) is 96.8 Å². The number of hydrogen-bond donors (Lipinski definition) is 2. The Morgan fingerprint density at radius 3 is 1.83 bits per heavy atom. The molecule has 5 aromatic carbocycles. The number of nitrogens with two attached hydrogens (primary N) is 2. The van der Waals surface area contributed by atoms with Gasteiger partial charge in [-0.25, -0.2) is 26.6 Å². The number of thiazole rings is 1. The molecule has 0 saturated carbocycles. The molecule has 3 heterocycles. The number of benzene rings is 5. The highest BCUT2D eigenvalue weighted by atomic mass is 32.2. The van der Waals surface area contributed by atoms with Gasteiger partial charge in [-0.2, -0.15) is 9.10 Å². The summed E-state index contributed by atoms with van der Waals surface area (Å²) in [6.07, 6.45) is -0.716. The topological polar surface area (TPSA) is 254 Å². The molecule has 1 fully saturated rings. The number of aromatic nitrogens is 5. The Morgan fingerprint density at radius 2 is 1.30 bits per heavy atom.